The molecule has 1 aliphatic rings. The second-order valence-corrected chi connectivity index (χ2v) is 10.9. The summed E-state index contributed by atoms with van der Waals surface area (Å²) in [6.45, 7) is 5.05. The van der Waals surface area contributed by atoms with Crippen molar-refractivity contribution in [3.05, 3.63) is 58.7 Å². The van der Waals surface area contributed by atoms with E-state index < -0.39 is 10.0 Å². The number of carbonyl (C=O) groups excluding carboxylic acids is 1. The topological polar surface area (TPSA) is 66.9 Å². The normalized spacial score (nSPS) is 15.2. The summed E-state index contributed by atoms with van der Waals surface area (Å²) in [7, 11) is 1.08. The molecule has 1 amide bonds. The monoisotopic (exact) mass is 458 g/mol. The van der Waals surface area contributed by atoms with Gasteiger partial charge in [0.15, 0.2) is 0 Å². The molecule has 32 heavy (non-hydrogen) atoms. The number of amides is 1. The summed E-state index contributed by atoms with van der Waals surface area (Å²) in [4.78, 5) is 15.2. The van der Waals surface area contributed by atoms with Crippen LogP contribution < -0.4 is 4.74 Å². The Morgan fingerprint density at radius 2 is 1.72 bits per heavy atom. The second-order valence-electron chi connectivity index (χ2n) is 8.83. The zero-order valence-corrected chi connectivity index (χ0v) is 20.5. The molecular weight excluding hydrogens is 424 g/mol. The number of nitrogens with zero attached hydrogens (tertiary/aromatic N) is 2. The van der Waals surface area contributed by atoms with Crippen LogP contribution in [0.1, 0.15) is 46.3 Å². The van der Waals surface area contributed by atoms with Crippen LogP contribution in [0.4, 0.5) is 0 Å². The van der Waals surface area contributed by atoms with Gasteiger partial charge >= 0.3 is 0 Å². The van der Waals surface area contributed by atoms with Gasteiger partial charge in [-0.3, -0.25) is 4.79 Å². The number of piperidine rings is 1. The van der Waals surface area contributed by atoms with E-state index in [0.717, 1.165) is 37.0 Å². The maximum Gasteiger partial charge on any atom is 0.253 e. The predicted molar refractivity (Wildman–Crippen MR) is 127 cm³/mol. The van der Waals surface area contributed by atoms with Gasteiger partial charge in [0, 0.05) is 32.7 Å². The predicted octanol–water partition coefficient (Wildman–Crippen LogP) is 4.05. The van der Waals surface area contributed by atoms with E-state index in [9.17, 15) is 13.2 Å². The molecule has 0 atom stereocenters. The Kier molecular flexibility index (Phi) is 7.62. The highest BCUT2D eigenvalue weighted by Gasteiger charge is 2.27. The highest BCUT2D eigenvalue weighted by molar-refractivity contribution is 7.89. The summed E-state index contributed by atoms with van der Waals surface area (Å²) in [5.74, 6) is 1.37. The summed E-state index contributed by atoms with van der Waals surface area (Å²) in [5.41, 5.74) is 3.25. The smallest absolute Gasteiger partial charge is 0.253 e. The Balaban J connectivity index is 1.63. The van der Waals surface area contributed by atoms with Crippen LogP contribution in [0, 0.1) is 19.8 Å². The molecule has 2 aromatic rings. The minimum absolute atomic E-state index is 0.0862. The van der Waals surface area contributed by atoms with Crippen molar-refractivity contribution in [3.8, 4) is 5.75 Å². The van der Waals surface area contributed by atoms with Crippen LogP contribution in [0.25, 0.3) is 0 Å². The van der Waals surface area contributed by atoms with E-state index in [4.69, 9.17) is 4.74 Å². The molecule has 0 aromatic heterocycles. The molecule has 2 aromatic carbocycles. The minimum Gasteiger partial charge on any atom is -0.497 e. The van der Waals surface area contributed by atoms with Crippen molar-refractivity contribution >= 4 is 15.9 Å². The molecule has 0 bridgehead atoms. The van der Waals surface area contributed by atoms with Crippen molar-refractivity contribution in [2.24, 2.45) is 5.92 Å². The van der Waals surface area contributed by atoms with Crippen LogP contribution in [0.2, 0.25) is 0 Å². The molecule has 0 saturated carbocycles. The number of ether oxygens (including phenoxy) is 1. The number of aryl methyl sites for hydroxylation is 2. The molecular formula is C25H34N2O4S. The molecule has 1 fully saturated rings. The fourth-order valence-corrected chi connectivity index (χ4v) is 5.40. The van der Waals surface area contributed by atoms with Crippen LogP contribution in [0.15, 0.2) is 41.3 Å². The average Bonchev–Trinajstić information content (AvgIpc) is 2.79. The first kappa shape index (κ1) is 24.3. The van der Waals surface area contributed by atoms with Crippen LogP contribution in [0.3, 0.4) is 0 Å². The summed E-state index contributed by atoms with van der Waals surface area (Å²) < 4.78 is 31.8. The second kappa shape index (κ2) is 10.0. The summed E-state index contributed by atoms with van der Waals surface area (Å²) in [6.07, 6.45) is 4.06. The van der Waals surface area contributed by atoms with Gasteiger partial charge in [0.2, 0.25) is 10.0 Å². The van der Waals surface area contributed by atoms with E-state index in [-0.39, 0.29) is 10.8 Å². The molecule has 0 aliphatic carbocycles. The SMILES string of the molecule is COc1ccc(CCC2CCN(C(=O)c3cc(C)c(C)c(S(=O)(=O)N(C)C)c3)CC2)cc1. The quantitative estimate of drug-likeness (QED) is 0.628. The van der Waals surface area contributed by atoms with E-state index in [2.05, 4.69) is 12.1 Å². The third-order valence-electron chi connectivity index (χ3n) is 6.53. The van der Waals surface area contributed by atoms with Gasteiger partial charge in [-0.05, 0) is 86.4 Å². The summed E-state index contributed by atoms with van der Waals surface area (Å²) in [6, 6.07) is 11.5. The third kappa shape index (κ3) is 5.33. The van der Waals surface area contributed by atoms with E-state index >= 15 is 0 Å². The number of benzene rings is 2. The molecule has 7 heteroatoms. The van der Waals surface area contributed by atoms with Crippen LogP contribution in [-0.4, -0.2) is 57.8 Å². The summed E-state index contributed by atoms with van der Waals surface area (Å²) in [5, 5.41) is 0. The van der Waals surface area contributed by atoms with Gasteiger partial charge < -0.3 is 9.64 Å². The van der Waals surface area contributed by atoms with Crippen molar-refractivity contribution in [2.75, 3.05) is 34.3 Å². The molecule has 3 rings (SSSR count). The maximum absolute atomic E-state index is 13.2. The maximum atomic E-state index is 13.2. The van der Waals surface area contributed by atoms with E-state index in [1.54, 1.807) is 14.0 Å². The molecule has 1 aliphatic heterocycles. The Hall–Kier alpha value is -2.38. The Morgan fingerprint density at radius 3 is 2.28 bits per heavy atom. The molecule has 0 unspecified atom stereocenters. The van der Waals surface area contributed by atoms with E-state index in [1.165, 1.54) is 30.0 Å². The van der Waals surface area contributed by atoms with Gasteiger partial charge in [0.1, 0.15) is 5.75 Å². The molecule has 0 N–H and O–H groups in total. The zero-order valence-electron chi connectivity index (χ0n) is 19.7. The van der Waals surface area contributed by atoms with E-state index in [1.807, 2.05) is 30.0 Å². The lowest BCUT2D eigenvalue weighted by Crippen LogP contribution is -2.38. The first-order valence-corrected chi connectivity index (χ1v) is 12.5. The van der Waals surface area contributed by atoms with E-state index in [0.29, 0.717) is 30.1 Å². The molecule has 6 nitrogen and oxygen atoms in total. The van der Waals surface area contributed by atoms with Gasteiger partial charge in [-0.1, -0.05) is 12.1 Å². The number of methoxy groups -OCH3 is 1. The Bertz CT molecular complexity index is 1050. The lowest BCUT2D eigenvalue weighted by atomic mass is 9.90. The first-order chi connectivity index (χ1) is 15.1. The van der Waals surface area contributed by atoms with Crippen molar-refractivity contribution in [1.29, 1.82) is 0 Å². The van der Waals surface area contributed by atoms with Crippen molar-refractivity contribution < 1.29 is 17.9 Å². The average molecular weight is 459 g/mol. The number of sulfonamides is 1. The van der Waals surface area contributed by atoms with Crippen molar-refractivity contribution in [2.45, 2.75) is 44.4 Å². The lowest BCUT2D eigenvalue weighted by molar-refractivity contribution is 0.0686. The number of rotatable bonds is 7. The highest BCUT2D eigenvalue weighted by Crippen LogP contribution is 2.27. The van der Waals surface area contributed by atoms with Crippen LogP contribution in [0.5, 0.6) is 5.75 Å². The molecule has 0 radical (unpaired) electrons. The first-order valence-electron chi connectivity index (χ1n) is 11.1. The number of hydrogen-bond donors (Lipinski definition) is 0. The Labute approximate surface area is 192 Å². The fourth-order valence-electron chi connectivity index (χ4n) is 4.19. The number of likely N-dealkylation sites (tertiary alicyclic amines) is 1. The van der Waals surface area contributed by atoms with Crippen molar-refractivity contribution in [3.63, 3.8) is 0 Å². The third-order valence-corrected chi connectivity index (χ3v) is 8.47. The van der Waals surface area contributed by atoms with Gasteiger partial charge in [-0.25, -0.2) is 12.7 Å². The molecule has 174 valence electrons. The van der Waals surface area contributed by atoms with Gasteiger partial charge in [0.05, 0.1) is 12.0 Å². The van der Waals surface area contributed by atoms with Crippen LogP contribution >= 0.6 is 0 Å². The van der Waals surface area contributed by atoms with Gasteiger partial charge in [-0.2, -0.15) is 0 Å². The van der Waals surface area contributed by atoms with Crippen molar-refractivity contribution in [1.82, 2.24) is 9.21 Å². The number of carbonyl (C=O) groups is 1. The molecule has 1 saturated heterocycles. The van der Waals surface area contributed by atoms with Gasteiger partial charge in [-0.15, -0.1) is 0 Å². The zero-order chi connectivity index (χ0) is 23.5. The minimum atomic E-state index is -3.61. The Morgan fingerprint density at radius 1 is 1.09 bits per heavy atom. The molecule has 0 spiro atoms. The fraction of sp³-hybridized carbons (Fsp3) is 0.480. The lowest BCUT2D eigenvalue weighted by Gasteiger charge is -2.32. The van der Waals surface area contributed by atoms with Gasteiger partial charge in [0.25, 0.3) is 5.91 Å². The molecule has 1 heterocycles. The summed E-state index contributed by atoms with van der Waals surface area (Å²) >= 11 is 0. The largest absolute Gasteiger partial charge is 0.497 e. The van der Waals surface area contributed by atoms with Crippen LogP contribution in [-0.2, 0) is 16.4 Å². The standard InChI is InChI=1S/C25H34N2O4S/c1-18-16-22(17-24(19(18)2)32(29,30)26(3)4)25(28)27-14-12-21(13-15-27)7-6-20-8-10-23(31-5)11-9-20/h8-11,16-17,21H,6-7,12-15H2,1-5H3. The highest BCUT2D eigenvalue weighted by atomic mass is 32.2. The number of hydrogen-bond acceptors (Lipinski definition) is 4.